The minimum atomic E-state index is -4.90. The minimum Gasteiger partial charge on any atom is -0.433 e. The van der Waals surface area contributed by atoms with Crippen LogP contribution in [-0.4, -0.2) is 13.0 Å². The molecule has 96 valence electrons. The summed E-state index contributed by atoms with van der Waals surface area (Å²) in [4.78, 5) is 0. The molecule has 17 heavy (non-hydrogen) atoms. The highest BCUT2D eigenvalue weighted by Crippen LogP contribution is 2.37. The van der Waals surface area contributed by atoms with Gasteiger partial charge in [-0.15, -0.1) is 13.2 Å². The van der Waals surface area contributed by atoms with Gasteiger partial charge >= 0.3 is 13.0 Å². The molecule has 0 aliphatic rings. The highest BCUT2D eigenvalue weighted by Gasteiger charge is 2.32. The lowest BCUT2D eigenvalue weighted by Gasteiger charge is -2.13. The molecule has 0 saturated carbocycles. The number of halogens is 6. The van der Waals surface area contributed by atoms with Gasteiger partial charge in [0.05, 0.1) is 10.2 Å². The Kier molecular flexibility index (Phi) is 4.02. The maximum atomic E-state index is 11.9. The number of alkyl halides is 5. The van der Waals surface area contributed by atoms with Crippen LogP contribution in [0.3, 0.4) is 0 Å². The average molecular weight is 322 g/mol. The van der Waals surface area contributed by atoms with Crippen molar-refractivity contribution in [3.8, 4) is 11.5 Å². The zero-order valence-corrected chi connectivity index (χ0v) is 9.48. The lowest BCUT2D eigenvalue weighted by atomic mass is 10.3. The van der Waals surface area contributed by atoms with Crippen LogP contribution < -0.4 is 15.2 Å². The Morgan fingerprint density at radius 1 is 1.18 bits per heavy atom. The first-order valence-electron chi connectivity index (χ1n) is 3.98. The molecule has 0 unspecified atom stereocenters. The first-order valence-corrected chi connectivity index (χ1v) is 4.78. The van der Waals surface area contributed by atoms with Gasteiger partial charge in [0.15, 0.2) is 0 Å². The molecular formula is C8H5BrF5NO2. The molecule has 0 aliphatic carbocycles. The number of anilines is 1. The number of rotatable bonds is 3. The zero-order chi connectivity index (χ0) is 13.2. The highest BCUT2D eigenvalue weighted by molar-refractivity contribution is 9.10. The summed E-state index contributed by atoms with van der Waals surface area (Å²) in [5.74, 6) is -1.09. The topological polar surface area (TPSA) is 44.5 Å². The lowest BCUT2D eigenvalue weighted by molar-refractivity contribution is -0.274. The number of ether oxygens (including phenoxy) is 2. The molecule has 0 bridgehead atoms. The molecule has 1 aromatic rings. The van der Waals surface area contributed by atoms with Crippen molar-refractivity contribution in [1.82, 2.24) is 0 Å². The van der Waals surface area contributed by atoms with E-state index in [-0.39, 0.29) is 4.47 Å². The largest absolute Gasteiger partial charge is 0.573 e. The Labute approximate surface area is 100 Å². The second-order valence-corrected chi connectivity index (χ2v) is 3.60. The quantitative estimate of drug-likeness (QED) is 0.684. The lowest BCUT2D eigenvalue weighted by Crippen LogP contribution is -2.17. The molecule has 3 nitrogen and oxygen atoms in total. The van der Waals surface area contributed by atoms with Gasteiger partial charge in [0.25, 0.3) is 0 Å². The van der Waals surface area contributed by atoms with Crippen LogP contribution in [0.15, 0.2) is 16.6 Å². The smallest absolute Gasteiger partial charge is 0.433 e. The van der Waals surface area contributed by atoms with Gasteiger partial charge in [-0.05, 0) is 15.9 Å². The highest BCUT2D eigenvalue weighted by atomic mass is 79.9. The fourth-order valence-electron chi connectivity index (χ4n) is 0.952. The summed E-state index contributed by atoms with van der Waals surface area (Å²) in [6, 6.07) is 1.60. The van der Waals surface area contributed by atoms with Crippen LogP contribution in [0, 0.1) is 0 Å². The normalized spacial score (nSPS) is 11.7. The molecule has 2 N–H and O–H groups in total. The van der Waals surface area contributed by atoms with E-state index in [1.165, 1.54) is 0 Å². The summed E-state index contributed by atoms with van der Waals surface area (Å²) in [7, 11) is 0. The Hall–Kier alpha value is -1.25. The Balaban J connectivity index is 3.01. The van der Waals surface area contributed by atoms with E-state index in [1.807, 2.05) is 0 Å². The van der Waals surface area contributed by atoms with Gasteiger partial charge in [-0.2, -0.15) is 8.78 Å². The second kappa shape index (κ2) is 4.94. The molecular weight excluding hydrogens is 317 g/mol. The van der Waals surface area contributed by atoms with Crippen LogP contribution in [0.5, 0.6) is 11.5 Å². The fraction of sp³-hybridized carbons (Fsp3) is 0.250. The first kappa shape index (κ1) is 13.8. The van der Waals surface area contributed by atoms with Crippen LogP contribution in [0.1, 0.15) is 0 Å². The van der Waals surface area contributed by atoms with Crippen molar-refractivity contribution in [1.29, 1.82) is 0 Å². The number of nitrogen functional groups attached to an aromatic ring is 1. The van der Waals surface area contributed by atoms with Gasteiger partial charge in [0, 0.05) is 12.1 Å². The summed E-state index contributed by atoms with van der Waals surface area (Å²) in [6.07, 6.45) is -4.90. The van der Waals surface area contributed by atoms with Crippen molar-refractivity contribution in [3.63, 3.8) is 0 Å². The first-order chi connectivity index (χ1) is 7.69. The van der Waals surface area contributed by atoms with Crippen LogP contribution in [0.25, 0.3) is 0 Å². The molecule has 0 radical (unpaired) electrons. The number of hydrogen-bond acceptors (Lipinski definition) is 3. The molecule has 0 aromatic heterocycles. The van der Waals surface area contributed by atoms with E-state index in [9.17, 15) is 22.0 Å². The molecule has 1 rings (SSSR count). The van der Waals surface area contributed by atoms with Gasteiger partial charge in [-0.1, -0.05) is 0 Å². The predicted molar refractivity (Wildman–Crippen MR) is 51.9 cm³/mol. The SMILES string of the molecule is Nc1cc(OC(F)(F)F)c(Br)cc1OC(F)F. The molecule has 0 fully saturated rings. The van der Waals surface area contributed by atoms with E-state index < -0.39 is 30.2 Å². The van der Waals surface area contributed by atoms with Gasteiger partial charge in [-0.3, -0.25) is 0 Å². The van der Waals surface area contributed by atoms with Gasteiger partial charge in [0.1, 0.15) is 11.5 Å². The van der Waals surface area contributed by atoms with Gasteiger partial charge < -0.3 is 15.2 Å². The summed E-state index contributed by atoms with van der Waals surface area (Å²) in [5.41, 5.74) is 4.84. The molecule has 9 heteroatoms. The van der Waals surface area contributed by atoms with Crippen molar-refractivity contribution >= 4 is 21.6 Å². The van der Waals surface area contributed by atoms with E-state index in [1.54, 1.807) is 0 Å². The van der Waals surface area contributed by atoms with E-state index in [0.29, 0.717) is 0 Å². The van der Waals surface area contributed by atoms with Crippen molar-refractivity contribution in [2.45, 2.75) is 13.0 Å². The van der Waals surface area contributed by atoms with E-state index in [0.717, 1.165) is 12.1 Å². The summed E-state index contributed by atoms with van der Waals surface area (Å²) >= 11 is 2.72. The third kappa shape index (κ3) is 4.25. The van der Waals surface area contributed by atoms with E-state index in [4.69, 9.17) is 5.73 Å². The standard InChI is InChI=1S/C8H5BrF5NO2/c9-3-1-6(16-7(10)11)4(15)2-5(3)17-8(12,13)14/h1-2,7H,15H2. The number of hydrogen-bond donors (Lipinski definition) is 1. The third-order valence-corrected chi connectivity index (χ3v) is 2.13. The van der Waals surface area contributed by atoms with Gasteiger partial charge in [-0.25, -0.2) is 0 Å². The van der Waals surface area contributed by atoms with E-state index >= 15 is 0 Å². The molecule has 0 heterocycles. The van der Waals surface area contributed by atoms with Crippen molar-refractivity contribution in [2.24, 2.45) is 0 Å². The molecule has 0 amide bonds. The number of nitrogens with two attached hydrogens (primary N) is 1. The van der Waals surface area contributed by atoms with Crippen LogP contribution in [0.4, 0.5) is 27.6 Å². The van der Waals surface area contributed by atoms with Crippen molar-refractivity contribution in [3.05, 3.63) is 16.6 Å². The summed E-state index contributed by atoms with van der Waals surface area (Å²) < 4.78 is 67.0. The van der Waals surface area contributed by atoms with Crippen molar-refractivity contribution in [2.75, 3.05) is 5.73 Å². The molecule has 0 aliphatic heterocycles. The maximum absolute atomic E-state index is 11.9. The Bertz CT molecular complexity index is 410. The molecule has 0 spiro atoms. The number of benzene rings is 1. The van der Waals surface area contributed by atoms with Crippen LogP contribution in [0.2, 0.25) is 0 Å². The Morgan fingerprint density at radius 3 is 2.24 bits per heavy atom. The average Bonchev–Trinajstić information content (AvgIpc) is 2.10. The summed E-state index contributed by atoms with van der Waals surface area (Å²) in [6.45, 7) is -3.13. The summed E-state index contributed by atoms with van der Waals surface area (Å²) in [5, 5.41) is 0. The monoisotopic (exact) mass is 321 g/mol. The Morgan fingerprint density at radius 2 is 1.76 bits per heavy atom. The maximum Gasteiger partial charge on any atom is 0.573 e. The third-order valence-electron chi connectivity index (χ3n) is 1.51. The van der Waals surface area contributed by atoms with E-state index in [2.05, 4.69) is 25.4 Å². The zero-order valence-electron chi connectivity index (χ0n) is 7.89. The van der Waals surface area contributed by atoms with Crippen LogP contribution in [-0.2, 0) is 0 Å². The fourth-order valence-corrected chi connectivity index (χ4v) is 1.36. The predicted octanol–water partition coefficient (Wildman–Crippen LogP) is 3.53. The molecule has 1 aromatic carbocycles. The minimum absolute atomic E-state index is 0.209. The molecule has 0 atom stereocenters. The molecule has 0 saturated heterocycles. The van der Waals surface area contributed by atoms with Crippen molar-refractivity contribution < 1.29 is 31.4 Å². The van der Waals surface area contributed by atoms with Crippen LogP contribution >= 0.6 is 15.9 Å². The van der Waals surface area contributed by atoms with Gasteiger partial charge in [0.2, 0.25) is 0 Å². The second-order valence-electron chi connectivity index (χ2n) is 2.75.